The van der Waals surface area contributed by atoms with Crippen molar-refractivity contribution in [1.82, 2.24) is 4.90 Å². The van der Waals surface area contributed by atoms with Crippen molar-refractivity contribution < 1.29 is 9.53 Å². The van der Waals surface area contributed by atoms with Crippen molar-refractivity contribution in [2.24, 2.45) is 0 Å². The number of amides is 1. The summed E-state index contributed by atoms with van der Waals surface area (Å²) < 4.78 is 5.42. The fraction of sp³-hybridized carbons (Fsp3) is 0.643. The number of hydrogen-bond donors (Lipinski definition) is 1. The molecule has 110 valence electrons. The van der Waals surface area contributed by atoms with E-state index in [1.807, 2.05) is 0 Å². The molecule has 1 aliphatic heterocycles. The fourth-order valence-electron chi connectivity index (χ4n) is 2.57. The van der Waals surface area contributed by atoms with E-state index >= 15 is 0 Å². The van der Waals surface area contributed by atoms with Crippen molar-refractivity contribution >= 4 is 27.9 Å². The highest BCUT2D eigenvalue weighted by Gasteiger charge is 2.35. The van der Waals surface area contributed by atoms with Gasteiger partial charge in [0, 0.05) is 32.7 Å². The van der Waals surface area contributed by atoms with E-state index in [0.29, 0.717) is 16.5 Å². The Kier molecular flexibility index (Phi) is 3.60. The van der Waals surface area contributed by atoms with Crippen molar-refractivity contribution in [2.75, 3.05) is 51.0 Å². The van der Waals surface area contributed by atoms with Crippen LogP contribution in [0.15, 0.2) is 0 Å². The van der Waals surface area contributed by atoms with Crippen molar-refractivity contribution in [3.05, 3.63) is 10.4 Å². The normalized spacial score (nSPS) is 19.2. The number of thiophene rings is 1. The van der Waals surface area contributed by atoms with Crippen molar-refractivity contribution in [3.63, 3.8) is 0 Å². The van der Waals surface area contributed by atoms with Crippen LogP contribution in [0.3, 0.4) is 0 Å². The van der Waals surface area contributed by atoms with Gasteiger partial charge in [-0.05, 0) is 18.8 Å². The second-order valence-corrected chi connectivity index (χ2v) is 6.64. The standard InChI is InChI=1S/C14H21N3O2S/c1-16(2)13(18)12-11(15)10(9-3-4-9)14(20-12)17-5-7-19-8-6-17/h9H,3-8,15H2,1-2H3. The minimum absolute atomic E-state index is 0.00825. The molecule has 1 saturated carbocycles. The molecule has 1 amide bonds. The molecular formula is C14H21N3O2S. The molecule has 1 saturated heterocycles. The Hall–Kier alpha value is -1.27. The number of hydrogen-bond acceptors (Lipinski definition) is 5. The quantitative estimate of drug-likeness (QED) is 0.923. The zero-order chi connectivity index (χ0) is 14.3. The molecule has 2 fully saturated rings. The highest BCUT2D eigenvalue weighted by molar-refractivity contribution is 7.18. The predicted octanol–water partition coefficient (Wildman–Crippen LogP) is 1.75. The summed E-state index contributed by atoms with van der Waals surface area (Å²) in [5.41, 5.74) is 8.21. The van der Waals surface area contributed by atoms with E-state index < -0.39 is 0 Å². The van der Waals surface area contributed by atoms with Gasteiger partial charge in [0.1, 0.15) is 4.88 Å². The molecule has 2 N–H and O–H groups in total. The van der Waals surface area contributed by atoms with Crippen LogP contribution in [-0.4, -0.2) is 51.2 Å². The van der Waals surface area contributed by atoms with E-state index in [0.717, 1.165) is 26.3 Å². The average Bonchev–Trinajstić information content (AvgIpc) is 3.22. The summed E-state index contributed by atoms with van der Waals surface area (Å²) in [6, 6.07) is 0. The summed E-state index contributed by atoms with van der Waals surface area (Å²) >= 11 is 1.55. The SMILES string of the molecule is CN(C)C(=O)c1sc(N2CCOCC2)c(C2CC2)c1N. The lowest BCUT2D eigenvalue weighted by atomic mass is 10.1. The zero-order valence-corrected chi connectivity index (χ0v) is 12.8. The van der Waals surface area contributed by atoms with Crippen LogP contribution in [0.5, 0.6) is 0 Å². The Balaban J connectivity index is 1.99. The first-order chi connectivity index (χ1) is 9.59. The predicted molar refractivity (Wildman–Crippen MR) is 81.8 cm³/mol. The largest absolute Gasteiger partial charge is 0.397 e. The van der Waals surface area contributed by atoms with Gasteiger partial charge in [0.15, 0.2) is 0 Å². The molecule has 0 unspecified atom stereocenters. The summed E-state index contributed by atoms with van der Waals surface area (Å²) in [7, 11) is 3.54. The second kappa shape index (κ2) is 5.26. The minimum Gasteiger partial charge on any atom is -0.397 e. The number of rotatable bonds is 3. The summed E-state index contributed by atoms with van der Waals surface area (Å²) in [6.45, 7) is 3.27. The third kappa shape index (κ3) is 2.38. The van der Waals surface area contributed by atoms with E-state index in [1.54, 1.807) is 30.3 Å². The van der Waals surface area contributed by atoms with Gasteiger partial charge in [-0.2, -0.15) is 0 Å². The Bertz CT molecular complexity index is 517. The number of nitrogen functional groups attached to an aromatic ring is 1. The van der Waals surface area contributed by atoms with Gasteiger partial charge in [0.2, 0.25) is 0 Å². The summed E-state index contributed by atoms with van der Waals surface area (Å²) in [4.78, 5) is 16.9. The maximum absolute atomic E-state index is 12.3. The summed E-state index contributed by atoms with van der Waals surface area (Å²) in [5, 5.41) is 1.19. The molecule has 2 aliphatic rings. The van der Waals surface area contributed by atoms with Crippen LogP contribution in [-0.2, 0) is 4.74 Å². The Labute approximate surface area is 123 Å². The van der Waals surface area contributed by atoms with Crippen LogP contribution in [0, 0.1) is 0 Å². The maximum Gasteiger partial charge on any atom is 0.265 e. The lowest BCUT2D eigenvalue weighted by molar-refractivity contribution is 0.0833. The molecule has 0 bridgehead atoms. The zero-order valence-electron chi connectivity index (χ0n) is 12.0. The second-order valence-electron chi connectivity index (χ2n) is 5.64. The molecule has 6 heteroatoms. The molecule has 0 radical (unpaired) electrons. The molecule has 1 aromatic heterocycles. The summed E-state index contributed by atoms with van der Waals surface area (Å²) in [5.74, 6) is 0.557. The van der Waals surface area contributed by atoms with Crippen LogP contribution in [0.1, 0.15) is 34.0 Å². The van der Waals surface area contributed by atoms with Gasteiger partial charge in [0.25, 0.3) is 5.91 Å². The molecule has 1 aromatic rings. The van der Waals surface area contributed by atoms with Crippen molar-refractivity contribution in [3.8, 4) is 0 Å². The lowest BCUT2D eigenvalue weighted by Gasteiger charge is -2.28. The first-order valence-corrected chi connectivity index (χ1v) is 7.87. The number of carbonyl (C=O) groups is 1. The van der Waals surface area contributed by atoms with Crippen LogP contribution in [0.4, 0.5) is 10.7 Å². The van der Waals surface area contributed by atoms with E-state index in [2.05, 4.69) is 4.90 Å². The van der Waals surface area contributed by atoms with Gasteiger partial charge >= 0.3 is 0 Å². The number of ether oxygens (including phenoxy) is 1. The fourth-order valence-corrected chi connectivity index (χ4v) is 3.96. The van der Waals surface area contributed by atoms with Crippen LogP contribution >= 0.6 is 11.3 Å². The molecule has 20 heavy (non-hydrogen) atoms. The molecule has 5 nitrogen and oxygen atoms in total. The third-order valence-corrected chi connectivity index (χ3v) is 5.12. The van der Waals surface area contributed by atoms with E-state index in [9.17, 15) is 4.79 Å². The molecule has 1 aliphatic carbocycles. The van der Waals surface area contributed by atoms with Gasteiger partial charge < -0.3 is 20.3 Å². The number of nitrogens with zero attached hydrogens (tertiary/aromatic N) is 2. The molecule has 0 atom stereocenters. The highest BCUT2D eigenvalue weighted by atomic mass is 32.1. The molecule has 3 rings (SSSR count). The van der Waals surface area contributed by atoms with Gasteiger partial charge in [-0.3, -0.25) is 4.79 Å². The average molecular weight is 295 g/mol. The minimum atomic E-state index is 0.00825. The van der Waals surface area contributed by atoms with Gasteiger partial charge in [-0.15, -0.1) is 11.3 Å². The van der Waals surface area contributed by atoms with Crippen LogP contribution in [0.25, 0.3) is 0 Å². The monoisotopic (exact) mass is 295 g/mol. The number of nitrogens with two attached hydrogens (primary N) is 1. The number of anilines is 2. The van der Waals surface area contributed by atoms with Crippen molar-refractivity contribution in [2.45, 2.75) is 18.8 Å². The maximum atomic E-state index is 12.3. The third-order valence-electron chi connectivity index (χ3n) is 3.85. The van der Waals surface area contributed by atoms with E-state index in [-0.39, 0.29) is 5.91 Å². The highest BCUT2D eigenvalue weighted by Crippen LogP contribution is 2.52. The lowest BCUT2D eigenvalue weighted by Crippen LogP contribution is -2.36. The smallest absolute Gasteiger partial charge is 0.265 e. The topological polar surface area (TPSA) is 58.8 Å². The Morgan fingerprint density at radius 1 is 1.35 bits per heavy atom. The molecule has 0 spiro atoms. The van der Waals surface area contributed by atoms with Crippen LogP contribution < -0.4 is 10.6 Å². The number of morpholine rings is 1. The number of carbonyl (C=O) groups excluding carboxylic acids is 1. The summed E-state index contributed by atoms with van der Waals surface area (Å²) in [6.07, 6.45) is 2.38. The van der Waals surface area contributed by atoms with E-state index in [1.165, 1.54) is 23.4 Å². The van der Waals surface area contributed by atoms with Gasteiger partial charge in [-0.1, -0.05) is 0 Å². The molecule has 0 aromatic carbocycles. The van der Waals surface area contributed by atoms with Crippen molar-refractivity contribution in [1.29, 1.82) is 0 Å². The molecular weight excluding hydrogens is 274 g/mol. The first-order valence-electron chi connectivity index (χ1n) is 7.06. The Morgan fingerprint density at radius 2 is 2.00 bits per heavy atom. The Morgan fingerprint density at radius 3 is 2.55 bits per heavy atom. The first kappa shape index (κ1) is 13.7. The van der Waals surface area contributed by atoms with Gasteiger partial charge in [0.05, 0.1) is 23.9 Å². The van der Waals surface area contributed by atoms with Crippen LogP contribution in [0.2, 0.25) is 0 Å². The van der Waals surface area contributed by atoms with E-state index in [4.69, 9.17) is 10.5 Å². The van der Waals surface area contributed by atoms with Gasteiger partial charge in [-0.25, -0.2) is 0 Å². The molecule has 2 heterocycles.